The second-order valence-corrected chi connectivity index (χ2v) is 10.2. The fourth-order valence-electron chi connectivity index (χ4n) is 3.17. The van der Waals surface area contributed by atoms with Gasteiger partial charge in [0.2, 0.25) is 5.89 Å². The normalized spacial score (nSPS) is 21.1. The molecule has 1 fully saturated rings. The van der Waals surface area contributed by atoms with Gasteiger partial charge < -0.3 is 13.9 Å². The van der Waals surface area contributed by atoms with Crippen molar-refractivity contribution in [3.8, 4) is 11.5 Å². The molecule has 10 heteroatoms. The molecule has 7 nitrogen and oxygen atoms in total. The lowest BCUT2D eigenvalue weighted by molar-refractivity contribution is 0.297. The number of hydrogen-bond donors (Lipinski definition) is 0. The molecule has 1 unspecified atom stereocenters. The molecule has 0 bridgehead atoms. The van der Waals surface area contributed by atoms with Crippen LogP contribution in [0.4, 0.5) is 0 Å². The molecule has 0 N–H and O–H groups in total. The SMILES string of the molecule is O=S1(=O)CCC(Cc2nnc(SCc3cc(Cl)c4c(c3)OCCCO4)o2)C1. The largest absolute Gasteiger partial charge is 0.489 e. The summed E-state index contributed by atoms with van der Waals surface area (Å²) < 4.78 is 40.1. The van der Waals surface area contributed by atoms with Gasteiger partial charge in [-0.05, 0) is 30.0 Å². The van der Waals surface area contributed by atoms with Crippen molar-refractivity contribution in [2.75, 3.05) is 24.7 Å². The molecule has 1 aromatic carbocycles. The van der Waals surface area contributed by atoms with Crippen LogP contribution in [0.1, 0.15) is 24.3 Å². The molecule has 1 saturated heterocycles. The van der Waals surface area contributed by atoms with E-state index in [-0.39, 0.29) is 17.4 Å². The molecule has 3 heterocycles. The van der Waals surface area contributed by atoms with Gasteiger partial charge in [0.15, 0.2) is 21.3 Å². The Morgan fingerprint density at radius 3 is 2.89 bits per heavy atom. The van der Waals surface area contributed by atoms with E-state index in [1.165, 1.54) is 11.8 Å². The number of nitrogens with zero attached hydrogens (tertiary/aromatic N) is 2. The Morgan fingerprint density at radius 1 is 1.22 bits per heavy atom. The van der Waals surface area contributed by atoms with Crippen LogP contribution in [0.3, 0.4) is 0 Å². The molecular formula is C17H19ClN2O5S2. The fourth-order valence-corrected chi connectivity index (χ4v) is 6.03. The number of aromatic nitrogens is 2. The number of thioether (sulfide) groups is 1. The first kappa shape index (κ1) is 18.9. The highest BCUT2D eigenvalue weighted by Gasteiger charge is 2.29. The van der Waals surface area contributed by atoms with Gasteiger partial charge in [0.05, 0.1) is 29.7 Å². The van der Waals surface area contributed by atoms with Gasteiger partial charge in [-0.15, -0.1) is 10.2 Å². The zero-order valence-electron chi connectivity index (χ0n) is 14.5. The first-order valence-corrected chi connectivity index (χ1v) is 11.9. The third-order valence-electron chi connectivity index (χ3n) is 4.46. The van der Waals surface area contributed by atoms with Gasteiger partial charge in [0, 0.05) is 18.6 Å². The predicted octanol–water partition coefficient (Wildman–Crippen LogP) is 3.15. The van der Waals surface area contributed by atoms with Crippen LogP contribution in [0, 0.1) is 5.92 Å². The average Bonchev–Trinajstić information content (AvgIpc) is 3.11. The van der Waals surface area contributed by atoms with E-state index in [9.17, 15) is 8.42 Å². The first-order chi connectivity index (χ1) is 13.0. The van der Waals surface area contributed by atoms with Crippen LogP contribution < -0.4 is 9.47 Å². The van der Waals surface area contributed by atoms with Gasteiger partial charge >= 0.3 is 0 Å². The molecule has 2 aliphatic rings. The molecule has 0 saturated carbocycles. The highest BCUT2D eigenvalue weighted by atomic mass is 35.5. The lowest BCUT2D eigenvalue weighted by Crippen LogP contribution is -2.07. The number of rotatable bonds is 5. The molecule has 2 aromatic rings. The number of ether oxygens (including phenoxy) is 2. The summed E-state index contributed by atoms with van der Waals surface area (Å²) >= 11 is 7.71. The van der Waals surface area contributed by atoms with E-state index in [1.54, 1.807) is 0 Å². The Morgan fingerprint density at radius 2 is 2.07 bits per heavy atom. The van der Waals surface area contributed by atoms with Crippen molar-refractivity contribution >= 4 is 33.2 Å². The van der Waals surface area contributed by atoms with Crippen molar-refractivity contribution in [1.82, 2.24) is 10.2 Å². The molecular weight excluding hydrogens is 412 g/mol. The molecule has 0 spiro atoms. The van der Waals surface area contributed by atoms with Crippen molar-refractivity contribution in [3.63, 3.8) is 0 Å². The maximum atomic E-state index is 11.5. The maximum absolute atomic E-state index is 11.5. The molecule has 27 heavy (non-hydrogen) atoms. The number of halogens is 1. The van der Waals surface area contributed by atoms with E-state index in [1.807, 2.05) is 12.1 Å². The van der Waals surface area contributed by atoms with Gasteiger partial charge in [-0.25, -0.2) is 8.42 Å². The molecule has 0 aliphatic carbocycles. The minimum atomic E-state index is -2.90. The zero-order valence-corrected chi connectivity index (χ0v) is 16.9. The molecule has 4 rings (SSSR count). The molecule has 1 aromatic heterocycles. The second-order valence-electron chi connectivity index (χ2n) is 6.68. The predicted molar refractivity (Wildman–Crippen MR) is 101 cm³/mol. The lowest BCUT2D eigenvalue weighted by Gasteiger charge is -2.11. The number of benzene rings is 1. The summed E-state index contributed by atoms with van der Waals surface area (Å²) in [6.07, 6.45) is 1.98. The fraction of sp³-hybridized carbons (Fsp3) is 0.529. The Balaban J connectivity index is 1.37. The highest BCUT2D eigenvalue weighted by molar-refractivity contribution is 7.98. The highest BCUT2D eigenvalue weighted by Crippen LogP contribution is 2.39. The van der Waals surface area contributed by atoms with E-state index in [0.29, 0.717) is 59.4 Å². The van der Waals surface area contributed by atoms with Gasteiger partial charge in [-0.1, -0.05) is 23.4 Å². The monoisotopic (exact) mass is 430 g/mol. The number of sulfone groups is 1. The Labute approximate surface area is 166 Å². The van der Waals surface area contributed by atoms with Crippen molar-refractivity contribution in [2.24, 2.45) is 5.92 Å². The lowest BCUT2D eigenvalue weighted by atomic mass is 10.1. The third kappa shape index (κ3) is 4.70. The Kier molecular flexibility index (Phi) is 5.52. The van der Waals surface area contributed by atoms with Crippen LogP contribution in [-0.2, 0) is 22.0 Å². The molecule has 0 amide bonds. The summed E-state index contributed by atoms with van der Waals surface area (Å²) in [5.41, 5.74) is 0.968. The van der Waals surface area contributed by atoms with Crippen LogP contribution in [0.5, 0.6) is 11.5 Å². The van der Waals surface area contributed by atoms with E-state index in [0.717, 1.165) is 12.0 Å². The quantitative estimate of drug-likeness (QED) is 0.668. The van der Waals surface area contributed by atoms with Crippen LogP contribution in [0.2, 0.25) is 5.02 Å². The zero-order chi connectivity index (χ0) is 18.9. The summed E-state index contributed by atoms with van der Waals surface area (Å²) in [6.45, 7) is 1.19. The van der Waals surface area contributed by atoms with Crippen molar-refractivity contribution < 1.29 is 22.3 Å². The molecule has 2 aliphatic heterocycles. The number of hydrogen-bond acceptors (Lipinski definition) is 8. The second kappa shape index (κ2) is 7.89. The topological polar surface area (TPSA) is 91.5 Å². The van der Waals surface area contributed by atoms with E-state index in [4.69, 9.17) is 25.5 Å². The van der Waals surface area contributed by atoms with Gasteiger partial charge in [0.25, 0.3) is 5.22 Å². The third-order valence-corrected chi connectivity index (χ3v) is 7.47. The molecule has 1 atom stereocenters. The average molecular weight is 431 g/mol. The summed E-state index contributed by atoms with van der Waals surface area (Å²) in [7, 11) is -2.90. The summed E-state index contributed by atoms with van der Waals surface area (Å²) in [6, 6.07) is 3.77. The van der Waals surface area contributed by atoms with Gasteiger partial charge in [0.1, 0.15) is 0 Å². The van der Waals surface area contributed by atoms with Crippen molar-refractivity contribution in [1.29, 1.82) is 0 Å². The van der Waals surface area contributed by atoms with Gasteiger partial charge in [-0.2, -0.15) is 0 Å². The van der Waals surface area contributed by atoms with Crippen molar-refractivity contribution in [2.45, 2.75) is 30.2 Å². The van der Waals surface area contributed by atoms with Crippen LogP contribution in [0.15, 0.2) is 21.8 Å². The van der Waals surface area contributed by atoms with Crippen molar-refractivity contribution in [3.05, 3.63) is 28.6 Å². The standard InChI is InChI=1S/C17H19ClN2O5S2/c18-13-6-12(7-14-16(13)24-4-1-3-23-14)9-26-17-20-19-15(25-17)8-11-2-5-27(21,22)10-11/h6-7,11H,1-5,8-10H2. The number of fused-ring (bicyclic) bond motifs is 1. The van der Waals surface area contributed by atoms with Crippen LogP contribution >= 0.6 is 23.4 Å². The minimum absolute atomic E-state index is 0.0637. The minimum Gasteiger partial charge on any atom is -0.489 e. The maximum Gasteiger partial charge on any atom is 0.276 e. The smallest absolute Gasteiger partial charge is 0.276 e. The Hall–Kier alpha value is -1.45. The molecule has 0 radical (unpaired) electrons. The summed E-state index contributed by atoms with van der Waals surface area (Å²) in [5, 5.41) is 9.06. The van der Waals surface area contributed by atoms with Crippen LogP contribution in [0.25, 0.3) is 0 Å². The summed E-state index contributed by atoms with van der Waals surface area (Å²) in [5.74, 6) is 2.84. The summed E-state index contributed by atoms with van der Waals surface area (Å²) in [4.78, 5) is 0. The molecule has 146 valence electrons. The van der Waals surface area contributed by atoms with Gasteiger partial charge in [-0.3, -0.25) is 0 Å². The van der Waals surface area contributed by atoms with E-state index < -0.39 is 9.84 Å². The van der Waals surface area contributed by atoms with E-state index in [2.05, 4.69) is 10.2 Å². The van der Waals surface area contributed by atoms with E-state index >= 15 is 0 Å². The first-order valence-electron chi connectivity index (χ1n) is 8.72. The Bertz CT molecular complexity index is 931. The van der Waals surface area contributed by atoms with Crippen LogP contribution in [-0.4, -0.2) is 43.3 Å².